The number of hydrogen-bond acceptors (Lipinski definition) is 7. The van der Waals surface area contributed by atoms with Gasteiger partial charge in [-0.05, 0) is 36.6 Å². The van der Waals surface area contributed by atoms with Crippen molar-refractivity contribution in [1.82, 2.24) is 14.9 Å². The molecule has 34 heavy (non-hydrogen) atoms. The Balaban J connectivity index is 1.44. The Kier molecular flexibility index (Phi) is 6.03. The molecule has 1 aliphatic carbocycles. The molecule has 1 saturated carbocycles. The number of aryl methyl sites for hydroxylation is 1. The van der Waals surface area contributed by atoms with Crippen LogP contribution in [0.3, 0.4) is 0 Å². The number of alkyl halides is 1. The van der Waals surface area contributed by atoms with Crippen molar-refractivity contribution in [2.45, 2.75) is 63.2 Å². The molecule has 0 bridgehead atoms. The van der Waals surface area contributed by atoms with Crippen LogP contribution in [0.1, 0.15) is 47.7 Å². The highest BCUT2D eigenvalue weighted by Gasteiger charge is 2.41. The summed E-state index contributed by atoms with van der Waals surface area (Å²) in [6.45, 7) is 1.93. The number of halogens is 2. The van der Waals surface area contributed by atoms with E-state index < -0.39 is 30.0 Å². The van der Waals surface area contributed by atoms with Gasteiger partial charge in [0.05, 0.1) is 48.6 Å². The number of methoxy groups -OCH3 is 1. The second-order valence-corrected chi connectivity index (χ2v) is 9.16. The maximum absolute atomic E-state index is 14.5. The predicted octanol–water partition coefficient (Wildman–Crippen LogP) is 2.49. The van der Waals surface area contributed by atoms with Crippen molar-refractivity contribution in [3.05, 3.63) is 52.7 Å². The number of nitrogens with zero attached hydrogens (tertiary/aromatic N) is 4. The molecule has 1 amide bonds. The van der Waals surface area contributed by atoms with Crippen LogP contribution in [0.5, 0.6) is 0 Å². The van der Waals surface area contributed by atoms with Gasteiger partial charge in [0.15, 0.2) is 0 Å². The average molecular weight is 472 g/mol. The molecule has 3 heterocycles. The third kappa shape index (κ3) is 4.05. The SMILES string of the molecule is CO[C@H]1C[C@H](Nc2ncnc3c2C(C(=O)N2C[C@@H](F)C[C@@H]2c2cc(F)ccc2C)=NC3)[C@@H](O)C1. The fourth-order valence-corrected chi connectivity index (χ4v) is 5.21. The minimum absolute atomic E-state index is 0.0708. The van der Waals surface area contributed by atoms with Gasteiger partial charge < -0.3 is 20.1 Å². The zero-order valence-electron chi connectivity index (χ0n) is 19.0. The number of aliphatic imine (C=N–C) groups is 1. The highest BCUT2D eigenvalue weighted by molar-refractivity contribution is 6.47. The van der Waals surface area contributed by atoms with Gasteiger partial charge in [0.1, 0.15) is 29.8 Å². The van der Waals surface area contributed by atoms with Crippen LogP contribution in [0.15, 0.2) is 29.5 Å². The molecular weight excluding hydrogens is 444 g/mol. The summed E-state index contributed by atoms with van der Waals surface area (Å²) in [4.78, 5) is 28.1. The molecule has 1 saturated heterocycles. The van der Waals surface area contributed by atoms with Crippen molar-refractivity contribution in [3.8, 4) is 0 Å². The Morgan fingerprint density at radius 1 is 1.26 bits per heavy atom. The first-order chi connectivity index (χ1) is 16.4. The van der Waals surface area contributed by atoms with Crippen molar-refractivity contribution in [3.63, 3.8) is 0 Å². The number of amides is 1. The van der Waals surface area contributed by atoms with Crippen LogP contribution >= 0.6 is 0 Å². The maximum Gasteiger partial charge on any atom is 0.273 e. The largest absolute Gasteiger partial charge is 0.391 e. The molecule has 1 aromatic carbocycles. The highest BCUT2D eigenvalue weighted by atomic mass is 19.1. The van der Waals surface area contributed by atoms with Gasteiger partial charge in [-0.25, -0.2) is 18.7 Å². The maximum atomic E-state index is 14.5. The van der Waals surface area contributed by atoms with Gasteiger partial charge in [0, 0.05) is 20.0 Å². The monoisotopic (exact) mass is 471 g/mol. The van der Waals surface area contributed by atoms with Crippen LogP contribution in [0.2, 0.25) is 0 Å². The molecule has 2 aromatic rings. The fourth-order valence-electron chi connectivity index (χ4n) is 5.21. The average Bonchev–Trinajstić information content (AvgIpc) is 3.52. The van der Waals surface area contributed by atoms with E-state index >= 15 is 0 Å². The van der Waals surface area contributed by atoms with Crippen molar-refractivity contribution in [2.75, 3.05) is 19.0 Å². The van der Waals surface area contributed by atoms with Crippen molar-refractivity contribution in [1.29, 1.82) is 0 Å². The molecule has 8 nitrogen and oxygen atoms in total. The number of carbonyl (C=O) groups is 1. The fraction of sp³-hybridized carbons (Fsp3) is 0.500. The van der Waals surface area contributed by atoms with E-state index in [4.69, 9.17) is 4.74 Å². The van der Waals surface area contributed by atoms with Crippen LogP contribution in [0, 0.1) is 12.7 Å². The lowest BCUT2D eigenvalue weighted by molar-refractivity contribution is -0.125. The lowest BCUT2D eigenvalue weighted by Gasteiger charge is -2.26. The summed E-state index contributed by atoms with van der Waals surface area (Å²) >= 11 is 0. The summed E-state index contributed by atoms with van der Waals surface area (Å²) < 4.78 is 33.9. The van der Waals surface area contributed by atoms with E-state index in [0.29, 0.717) is 35.5 Å². The molecule has 1 aromatic heterocycles. The summed E-state index contributed by atoms with van der Waals surface area (Å²) in [5.74, 6) is -0.458. The topological polar surface area (TPSA) is 99.9 Å². The van der Waals surface area contributed by atoms with Gasteiger partial charge in [-0.3, -0.25) is 9.79 Å². The first-order valence-electron chi connectivity index (χ1n) is 11.4. The third-order valence-electron chi connectivity index (χ3n) is 7.00. The summed E-state index contributed by atoms with van der Waals surface area (Å²) in [5, 5.41) is 13.7. The number of aromatic nitrogens is 2. The van der Waals surface area contributed by atoms with Crippen molar-refractivity contribution >= 4 is 17.4 Å². The summed E-state index contributed by atoms with van der Waals surface area (Å²) in [6, 6.07) is 3.46. The van der Waals surface area contributed by atoms with Crippen molar-refractivity contribution < 1.29 is 23.4 Å². The molecule has 10 heteroatoms. The Morgan fingerprint density at radius 2 is 2.09 bits per heavy atom. The molecule has 3 aliphatic rings. The van der Waals surface area contributed by atoms with Gasteiger partial charge >= 0.3 is 0 Å². The quantitative estimate of drug-likeness (QED) is 0.695. The number of benzene rings is 1. The van der Waals surface area contributed by atoms with Gasteiger partial charge in [0.25, 0.3) is 5.91 Å². The molecule has 0 unspecified atom stereocenters. The molecule has 0 radical (unpaired) electrons. The molecule has 2 aliphatic heterocycles. The highest BCUT2D eigenvalue weighted by Crippen LogP contribution is 2.37. The Hall–Kier alpha value is -2.98. The standard InChI is InChI=1S/C24H27F2N5O3/c1-12-3-4-13(25)5-16(12)19-6-14(26)10-31(19)24(33)22-21-18(9-27-22)28-11-29-23(21)30-17-7-15(34-2)8-20(17)32/h3-5,11,14-15,17,19-20,32H,6-10H2,1-2H3,(H,28,29,30)/t14-,15-,17-,19+,20-/m0/s1. The van der Waals surface area contributed by atoms with Crippen LogP contribution in [0.25, 0.3) is 0 Å². The van der Waals surface area contributed by atoms with Gasteiger partial charge in [-0.1, -0.05) is 6.07 Å². The number of fused-ring (bicyclic) bond motifs is 1. The van der Waals surface area contributed by atoms with Crippen molar-refractivity contribution in [2.24, 2.45) is 4.99 Å². The van der Waals surface area contributed by atoms with Crippen LogP contribution in [-0.2, 0) is 16.1 Å². The van der Waals surface area contributed by atoms with Crippen LogP contribution in [0.4, 0.5) is 14.6 Å². The molecule has 2 fully saturated rings. The van der Waals surface area contributed by atoms with Gasteiger partial charge in [0.2, 0.25) is 0 Å². The Morgan fingerprint density at radius 3 is 2.85 bits per heavy atom. The molecule has 5 rings (SSSR count). The van der Waals surface area contributed by atoms with E-state index in [1.165, 1.54) is 23.4 Å². The zero-order chi connectivity index (χ0) is 24.0. The van der Waals surface area contributed by atoms with E-state index in [1.54, 1.807) is 13.2 Å². The van der Waals surface area contributed by atoms with Gasteiger partial charge in [-0.2, -0.15) is 0 Å². The van der Waals surface area contributed by atoms with E-state index in [2.05, 4.69) is 20.3 Å². The number of carbonyl (C=O) groups excluding carboxylic acids is 1. The molecule has 0 spiro atoms. The molecule has 5 atom stereocenters. The number of aliphatic hydroxyl groups excluding tert-OH is 1. The van der Waals surface area contributed by atoms with E-state index in [9.17, 15) is 18.7 Å². The summed E-state index contributed by atoms with van der Waals surface area (Å²) in [6.07, 6.45) is 0.667. The normalized spacial score (nSPS) is 28.2. The zero-order valence-corrected chi connectivity index (χ0v) is 19.0. The number of aliphatic hydroxyl groups is 1. The minimum atomic E-state index is -1.22. The van der Waals surface area contributed by atoms with E-state index in [0.717, 1.165) is 5.56 Å². The van der Waals surface area contributed by atoms with Crippen LogP contribution in [-0.4, -0.2) is 69.7 Å². The number of nitrogens with one attached hydrogen (secondary N) is 1. The summed E-state index contributed by atoms with van der Waals surface area (Å²) in [5.41, 5.74) is 2.60. The number of ether oxygens (including phenoxy) is 1. The lowest BCUT2D eigenvalue weighted by atomic mass is 9.98. The first-order valence-corrected chi connectivity index (χ1v) is 11.4. The predicted molar refractivity (Wildman–Crippen MR) is 121 cm³/mol. The second kappa shape index (κ2) is 8.99. The number of likely N-dealkylation sites (tertiary alicyclic amines) is 1. The minimum Gasteiger partial charge on any atom is -0.391 e. The number of hydrogen-bond donors (Lipinski definition) is 2. The second-order valence-electron chi connectivity index (χ2n) is 9.16. The van der Waals surface area contributed by atoms with E-state index in [-0.39, 0.29) is 37.4 Å². The first kappa shape index (κ1) is 22.8. The third-order valence-corrected chi connectivity index (χ3v) is 7.00. The number of anilines is 1. The summed E-state index contributed by atoms with van der Waals surface area (Å²) in [7, 11) is 1.61. The molecule has 180 valence electrons. The molecule has 2 N–H and O–H groups in total. The Bertz CT molecular complexity index is 1140. The lowest BCUT2D eigenvalue weighted by Crippen LogP contribution is -2.38. The van der Waals surface area contributed by atoms with Crippen LogP contribution < -0.4 is 5.32 Å². The van der Waals surface area contributed by atoms with Gasteiger partial charge in [-0.15, -0.1) is 0 Å². The smallest absolute Gasteiger partial charge is 0.273 e. The van der Waals surface area contributed by atoms with E-state index in [1.807, 2.05) is 6.92 Å². The Labute approximate surface area is 196 Å². The number of rotatable bonds is 5. The molecular formula is C24H27F2N5O3.